The van der Waals surface area contributed by atoms with E-state index in [9.17, 15) is 4.79 Å². The van der Waals surface area contributed by atoms with Gasteiger partial charge < -0.3 is 9.64 Å². The van der Waals surface area contributed by atoms with E-state index < -0.39 is 0 Å². The van der Waals surface area contributed by atoms with Gasteiger partial charge in [0.05, 0.1) is 6.34 Å². The number of aliphatic imine (C=N–C) groups is 1. The number of hydrogen-bond donors (Lipinski definition) is 0. The SMILES string of the molecule is O=COC(CC1=CN=CN(c2ccccc2)C1)c1ccccc1. The third-order valence-electron chi connectivity index (χ3n) is 3.76. The summed E-state index contributed by atoms with van der Waals surface area (Å²) in [6.45, 7) is 1.25. The molecule has 0 saturated heterocycles. The molecule has 1 atom stereocenters. The Morgan fingerprint density at radius 2 is 1.78 bits per heavy atom. The number of carbonyl (C=O) groups excluding carboxylic acids is 1. The molecule has 2 aromatic carbocycles. The lowest BCUT2D eigenvalue weighted by Gasteiger charge is -2.25. The molecular weight excluding hydrogens is 288 g/mol. The molecule has 1 heterocycles. The average molecular weight is 306 g/mol. The maximum atomic E-state index is 10.8. The molecule has 0 bridgehead atoms. The van der Waals surface area contributed by atoms with E-state index in [1.165, 1.54) is 0 Å². The van der Waals surface area contributed by atoms with Crippen LogP contribution in [0.1, 0.15) is 18.1 Å². The fourth-order valence-electron chi connectivity index (χ4n) is 2.63. The summed E-state index contributed by atoms with van der Waals surface area (Å²) in [6, 6.07) is 19.9. The molecule has 4 nitrogen and oxygen atoms in total. The number of benzene rings is 2. The first-order valence-corrected chi connectivity index (χ1v) is 7.54. The Morgan fingerprint density at radius 3 is 2.48 bits per heavy atom. The normalized spacial score (nSPS) is 15.0. The second kappa shape index (κ2) is 7.40. The van der Waals surface area contributed by atoms with Crippen LogP contribution in [0.5, 0.6) is 0 Å². The number of anilines is 1. The number of rotatable bonds is 6. The number of carbonyl (C=O) groups is 1. The minimum Gasteiger partial charge on any atom is -0.459 e. The van der Waals surface area contributed by atoms with E-state index in [-0.39, 0.29) is 6.10 Å². The van der Waals surface area contributed by atoms with Crippen LogP contribution in [0.3, 0.4) is 0 Å². The zero-order valence-corrected chi connectivity index (χ0v) is 12.7. The lowest BCUT2D eigenvalue weighted by Crippen LogP contribution is -2.26. The minimum absolute atomic E-state index is 0.286. The minimum atomic E-state index is -0.286. The van der Waals surface area contributed by atoms with Crippen LogP contribution < -0.4 is 4.90 Å². The molecule has 0 aromatic heterocycles. The van der Waals surface area contributed by atoms with Crippen molar-refractivity contribution in [3.63, 3.8) is 0 Å². The molecule has 3 rings (SSSR count). The quantitative estimate of drug-likeness (QED) is 0.764. The van der Waals surface area contributed by atoms with Crippen LogP contribution in [-0.4, -0.2) is 19.4 Å². The number of ether oxygens (including phenoxy) is 1. The first-order valence-electron chi connectivity index (χ1n) is 7.54. The highest BCUT2D eigenvalue weighted by atomic mass is 16.5. The first-order chi connectivity index (χ1) is 11.4. The summed E-state index contributed by atoms with van der Waals surface area (Å²) in [7, 11) is 0. The zero-order chi connectivity index (χ0) is 15.9. The van der Waals surface area contributed by atoms with Crippen LogP contribution in [0.2, 0.25) is 0 Å². The number of para-hydroxylation sites is 1. The van der Waals surface area contributed by atoms with E-state index in [0.717, 1.165) is 23.4 Å². The predicted molar refractivity (Wildman–Crippen MR) is 91.3 cm³/mol. The third kappa shape index (κ3) is 3.86. The summed E-state index contributed by atoms with van der Waals surface area (Å²) in [5.74, 6) is 0. The lowest BCUT2D eigenvalue weighted by atomic mass is 10.0. The molecule has 1 unspecified atom stereocenters. The van der Waals surface area contributed by atoms with Crippen molar-refractivity contribution in [1.82, 2.24) is 0 Å². The smallest absolute Gasteiger partial charge is 0.293 e. The fraction of sp³-hybridized carbons (Fsp3) is 0.158. The summed E-state index contributed by atoms with van der Waals surface area (Å²) >= 11 is 0. The van der Waals surface area contributed by atoms with Crippen LogP contribution in [0.15, 0.2) is 77.4 Å². The number of nitrogens with zero attached hydrogens (tertiary/aromatic N) is 2. The molecule has 0 aliphatic carbocycles. The second-order valence-corrected chi connectivity index (χ2v) is 5.35. The Bertz CT molecular complexity index is 696. The summed E-state index contributed by atoms with van der Waals surface area (Å²) in [5, 5.41) is 0. The molecule has 23 heavy (non-hydrogen) atoms. The summed E-state index contributed by atoms with van der Waals surface area (Å²) in [5.41, 5.74) is 3.20. The van der Waals surface area contributed by atoms with Crippen molar-refractivity contribution in [3.8, 4) is 0 Å². The second-order valence-electron chi connectivity index (χ2n) is 5.35. The van der Waals surface area contributed by atoms with Crippen molar-refractivity contribution >= 4 is 18.5 Å². The molecule has 2 aromatic rings. The third-order valence-corrected chi connectivity index (χ3v) is 3.76. The van der Waals surface area contributed by atoms with Crippen molar-refractivity contribution in [2.45, 2.75) is 12.5 Å². The molecule has 0 amide bonds. The van der Waals surface area contributed by atoms with Gasteiger partial charge in [-0.15, -0.1) is 0 Å². The Kier molecular flexibility index (Phi) is 4.84. The van der Waals surface area contributed by atoms with Gasteiger partial charge in [0.15, 0.2) is 0 Å². The standard InChI is InChI=1S/C19H18N2O2/c22-15-23-19(17-7-3-1-4-8-17)11-16-12-20-14-21(13-16)18-9-5-2-6-10-18/h1-10,12,14-15,19H,11,13H2. The molecular formula is C19H18N2O2. The highest BCUT2D eigenvalue weighted by molar-refractivity contribution is 5.81. The van der Waals surface area contributed by atoms with Crippen LogP contribution in [0.4, 0.5) is 5.69 Å². The van der Waals surface area contributed by atoms with Gasteiger partial charge in [-0.1, -0.05) is 48.5 Å². The van der Waals surface area contributed by atoms with Gasteiger partial charge in [-0.05, 0) is 23.3 Å². The zero-order valence-electron chi connectivity index (χ0n) is 12.7. The first kappa shape index (κ1) is 15.0. The van der Waals surface area contributed by atoms with E-state index >= 15 is 0 Å². The molecule has 116 valence electrons. The van der Waals surface area contributed by atoms with E-state index in [1.807, 2.05) is 73.2 Å². The summed E-state index contributed by atoms with van der Waals surface area (Å²) < 4.78 is 5.28. The Balaban J connectivity index is 1.72. The Hall–Kier alpha value is -2.88. The van der Waals surface area contributed by atoms with Gasteiger partial charge in [0.25, 0.3) is 6.47 Å². The van der Waals surface area contributed by atoms with Gasteiger partial charge in [0.1, 0.15) is 6.10 Å². The molecule has 1 aliphatic rings. The highest BCUT2D eigenvalue weighted by Gasteiger charge is 2.18. The lowest BCUT2D eigenvalue weighted by molar-refractivity contribution is -0.133. The van der Waals surface area contributed by atoms with Crippen molar-refractivity contribution in [2.75, 3.05) is 11.4 Å². The number of hydrogen-bond acceptors (Lipinski definition) is 4. The predicted octanol–water partition coefficient (Wildman–Crippen LogP) is 3.72. The summed E-state index contributed by atoms with van der Waals surface area (Å²) in [6.07, 6.45) is 4.01. The monoisotopic (exact) mass is 306 g/mol. The van der Waals surface area contributed by atoms with Gasteiger partial charge in [0, 0.05) is 24.9 Å². The largest absolute Gasteiger partial charge is 0.459 e. The molecule has 0 radical (unpaired) electrons. The van der Waals surface area contributed by atoms with Crippen molar-refractivity contribution in [3.05, 3.63) is 78.0 Å². The molecule has 4 heteroatoms. The van der Waals surface area contributed by atoms with Crippen LogP contribution >= 0.6 is 0 Å². The maximum absolute atomic E-state index is 10.8. The van der Waals surface area contributed by atoms with Gasteiger partial charge in [-0.3, -0.25) is 4.79 Å². The maximum Gasteiger partial charge on any atom is 0.293 e. The highest BCUT2D eigenvalue weighted by Crippen LogP contribution is 2.27. The van der Waals surface area contributed by atoms with Gasteiger partial charge in [0.2, 0.25) is 0 Å². The topological polar surface area (TPSA) is 41.9 Å². The molecule has 1 aliphatic heterocycles. The molecule has 0 saturated carbocycles. The van der Waals surface area contributed by atoms with E-state index in [4.69, 9.17) is 4.74 Å². The summed E-state index contributed by atoms with van der Waals surface area (Å²) in [4.78, 5) is 17.2. The van der Waals surface area contributed by atoms with E-state index in [0.29, 0.717) is 12.9 Å². The Labute approximate surface area is 135 Å². The van der Waals surface area contributed by atoms with Gasteiger partial charge >= 0.3 is 0 Å². The van der Waals surface area contributed by atoms with Gasteiger partial charge in [-0.25, -0.2) is 4.99 Å². The Morgan fingerprint density at radius 1 is 1.09 bits per heavy atom. The molecule has 0 N–H and O–H groups in total. The van der Waals surface area contributed by atoms with Crippen molar-refractivity contribution < 1.29 is 9.53 Å². The van der Waals surface area contributed by atoms with Crippen LogP contribution in [-0.2, 0) is 9.53 Å². The van der Waals surface area contributed by atoms with Crippen LogP contribution in [0.25, 0.3) is 0 Å². The fourth-order valence-corrected chi connectivity index (χ4v) is 2.63. The molecule has 0 fully saturated rings. The van der Waals surface area contributed by atoms with Crippen LogP contribution in [0, 0.1) is 0 Å². The van der Waals surface area contributed by atoms with E-state index in [1.54, 1.807) is 0 Å². The molecule has 0 spiro atoms. The van der Waals surface area contributed by atoms with E-state index in [2.05, 4.69) is 9.89 Å². The van der Waals surface area contributed by atoms with Crippen molar-refractivity contribution in [1.29, 1.82) is 0 Å². The average Bonchev–Trinajstić information content (AvgIpc) is 2.63. The van der Waals surface area contributed by atoms with Crippen molar-refractivity contribution in [2.24, 2.45) is 4.99 Å². The van der Waals surface area contributed by atoms with Gasteiger partial charge in [-0.2, -0.15) is 0 Å².